The molecule has 0 aromatic heterocycles. The van der Waals surface area contributed by atoms with Gasteiger partial charge in [0.15, 0.2) is 0 Å². The molecule has 1 N–H and O–H groups in total. The molecule has 1 aromatic rings. The third kappa shape index (κ3) is 4.90. The molecular weight excluding hydrogens is 288 g/mol. The van der Waals surface area contributed by atoms with E-state index < -0.39 is 16.1 Å². The van der Waals surface area contributed by atoms with Crippen molar-refractivity contribution in [1.29, 1.82) is 0 Å². The molecule has 5 nitrogen and oxygen atoms in total. The zero-order valence-corrected chi connectivity index (χ0v) is 12.8. The lowest BCUT2D eigenvalue weighted by Crippen LogP contribution is -2.45. The number of hydrogen-bond donors (Lipinski definition) is 1. The van der Waals surface area contributed by atoms with Gasteiger partial charge in [-0.25, -0.2) is 17.9 Å². The molecule has 0 radical (unpaired) electrons. The van der Waals surface area contributed by atoms with Crippen molar-refractivity contribution < 1.29 is 13.2 Å². The van der Waals surface area contributed by atoms with Gasteiger partial charge in [-0.3, -0.25) is 0 Å². The predicted molar refractivity (Wildman–Crippen MR) is 82.9 cm³/mol. The summed E-state index contributed by atoms with van der Waals surface area (Å²) in [7, 11) is -3.76. The van der Waals surface area contributed by atoms with Crippen LogP contribution in [-0.2, 0) is 10.0 Å². The molecule has 2 rings (SSSR count). The van der Waals surface area contributed by atoms with Crippen LogP contribution in [0.1, 0.15) is 25.3 Å². The van der Waals surface area contributed by atoms with Gasteiger partial charge in [0.05, 0.1) is 5.41 Å². The molecule has 1 saturated heterocycles. The maximum absolute atomic E-state index is 11.9. The quantitative estimate of drug-likeness (QED) is 0.932. The van der Waals surface area contributed by atoms with Crippen LogP contribution in [0.3, 0.4) is 0 Å². The highest BCUT2D eigenvalue weighted by Gasteiger charge is 2.22. The predicted octanol–water partition coefficient (Wildman–Crippen LogP) is 2.43. The molecule has 0 aliphatic carbocycles. The minimum Gasteiger partial charge on any atom is -0.324 e. The van der Waals surface area contributed by atoms with Crippen LogP contribution in [0.25, 0.3) is 6.08 Å². The lowest BCUT2D eigenvalue weighted by molar-refractivity contribution is 0.179. The lowest BCUT2D eigenvalue weighted by Gasteiger charge is -2.29. The standard InChI is InChI=1S/C15H20N2O3S/c1-13-7-10-17(11-8-13)15(18)16-21(19,20)12-9-14-5-3-2-4-6-14/h2-6,9,12-13H,7-8,10-11H2,1H3,(H,16,18). The molecule has 0 atom stereocenters. The first-order chi connectivity index (χ1) is 9.96. The molecule has 1 heterocycles. The van der Waals surface area contributed by atoms with Crippen molar-refractivity contribution >= 4 is 22.1 Å². The van der Waals surface area contributed by atoms with Crippen LogP contribution in [0.5, 0.6) is 0 Å². The van der Waals surface area contributed by atoms with Crippen molar-refractivity contribution in [2.24, 2.45) is 5.92 Å². The molecule has 1 aromatic carbocycles. The summed E-state index contributed by atoms with van der Waals surface area (Å²) >= 11 is 0. The van der Waals surface area contributed by atoms with E-state index in [1.54, 1.807) is 17.0 Å². The van der Waals surface area contributed by atoms with Crippen LogP contribution >= 0.6 is 0 Å². The Bertz CT molecular complexity index is 603. The van der Waals surface area contributed by atoms with Gasteiger partial charge in [0.2, 0.25) is 0 Å². The summed E-state index contributed by atoms with van der Waals surface area (Å²) < 4.78 is 25.8. The Kier molecular flexibility index (Phi) is 5.01. The van der Waals surface area contributed by atoms with Gasteiger partial charge in [0, 0.05) is 13.1 Å². The van der Waals surface area contributed by atoms with Crippen molar-refractivity contribution in [2.45, 2.75) is 19.8 Å². The van der Waals surface area contributed by atoms with Gasteiger partial charge >= 0.3 is 6.03 Å². The summed E-state index contributed by atoms with van der Waals surface area (Å²) in [6, 6.07) is 8.53. The van der Waals surface area contributed by atoms with Crippen LogP contribution in [0.4, 0.5) is 4.79 Å². The number of nitrogens with one attached hydrogen (secondary N) is 1. The highest BCUT2D eigenvalue weighted by atomic mass is 32.2. The van der Waals surface area contributed by atoms with E-state index in [0.717, 1.165) is 23.8 Å². The van der Waals surface area contributed by atoms with Crippen LogP contribution in [0, 0.1) is 5.92 Å². The van der Waals surface area contributed by atoms with Crippen LogP contribution in [-0.4, -0.2) is 32.4 Å². The Morgan fingerprint density at radius 1 is 1.24 bits per heavy atom. The second-order valence-electron chi connectivity index (χ2n) is 5.34. The van der Waals surface area contributed by atoms with Crippen molar-refractivity contribution in [3.8, 4) is 0 Å². The van der Waals surface area contributed by atoms with Gasteiger partial charge in [-0.1, -0.05) is 37.3 Å². The van der Waals surface area contributed by atoms with Crippen molar-refractivity contribution in [3.05, 3.63) is 41.3 Å². The van der Waals surface area contributed by atoms with E-state index in [1.165, 1.54) is 6.08 Å². The number of nitrogens with zero attached hydrogens (tertiary/aromatic N) is 1. The molecule has 1 fully saturated rings. The van der Waals surface area contributed by atoms with Crippen LogP contribution < -0.4 is 4.72 Å². The molecule has 0 spiro atoms. The number of rotatable bonds is 3. The largest absolute Gasteiger partial charge is 0.331 e. The third-order valence-electron chi connectivity index (χ3n) is 3.54. The highest BCUT2D eigenvalue weighted by Crippen LogP contribution is 2.16. The molecule has 0 saturated carbocycles. The number of hydrogen-bond acceptors (Lipinski definition) is 3. The Balaban J connectivity index is 1.94. The SMILES string of the molecule is CC1CCN(C(=O)NS(=O)(=O)C=Cc2ccccc2)CC1. The minimum absolute atomic E-state index is 0.542. The average molecular weight is 308 g/mol. The van der Waals surface area contributed by atoms with E-state index >= 15 is 0 Å². The lowest BCUT2D eigenvalue weighted by atomic mass is 10.00. The van der Waals surface area contributed by atoms with Crippen molar-refractivity contribution in [2.75, 3.05) is 13.1 Å². The Morgan fingerprint density at radius 2 is 1.86 bits per heavy atom. The number of amides is 2. The second-order valence-corrected chi connectivity index (χ2v) is 6.90. The fourth-order valence-electron chi connectivity index (χ4n) is 2.16. The van der Waals surface area contributed by atoms with E-state index in [-0.39, 0.29) is 0 Å². The zero-order valence-electron chi connectivity index (χ0n) is 12.0. The molecular formula is C15H20N2O3S. The molecule has 0 bridgehead atoms. The first-order valence-electron chi connectivity index (χ1n) is 7.01. The fourth-order valence-corrected chi connectivity index (χ4v) is 2.94. The van der Waals surface area contributed by atoms with Gasteiger partial charge in [0.25, 0.3) is 10.0 Å². The summed E-state index contributed by atoms with van der Waals surface area (Å²) in [6.07, 6.45) is 3.29. The molecule has 1 aliphatic rings. The molecule has 21 heavy (non-hydrogen) atoms. The van der Waals surface area contributed by atoms with E-state index in [2.05, 4.69) is 11.6 Å². The summed E-state index contributed by atoms with van der Waals surface area (Å²) in [5.74, 6) is 0.587. The van der Waals surface area contributed by atoms with Gasteiger partial charge in [-0.2, -0.15) is 0 Å². The van der Waals surface area contributed by atoms with E-state index in [4.69, 9.17) is 0 Å². The number of carbonyl (C=O) groups is 1. The number of benzene rings is 1. The molecule has 2 amide bonds. The Morgan fingerprint density at radius 3 is 2.48 bits per heavy atom. The molecule has 1 aliphatic heterocycles. The minimum atomic E-state index is -3.76. The first kappa shape index (κ1) is 15.6. The average Bonchev–Trinajstić information content (AvgIpc) is 2.46. The summed E-state index contributed by atoms with van der Waals surface area (Å²) in [6.45, 7) is 3.34. The summed E-state index contributed by atoms with van der Waals surface area (Å²) in [5.41, 5.74) is 0.766. The molecule has 0 unspecified atom stereocenters. The van der Waals surface area contributed by atoms with Gasteiger partial charge in [0.1, 0.15) is 0 Å². The van der Waals surface area contributed by atoms with E-state index in [0.29, 0.717) is 19.0 Å². The van der Waals surface area contributed by atoms with Crippen LogP contribution in [0.2, 0.25) is 0 Å². The summed E-state index contributed by atoms with van der Waals surface area (Å²) in [4.78, 5) is 13.5. The van der Waals surface area contributed by atoms with Gasteiger partial charge in [-0.05, 0) is 30.4 Å². The topological polar surface area (TPSA) is 66.5 Å². The monoisotopic (exact) mass is 308 g/mol. The molecule has 6 heteroatoms. The fraction of sp³-hybridized carbons (Fsp3) is 0.400. The number of carbonyl (C=O) groups excluding carboxylic acids is 1. The number of piperidine rings is 1. The van der Waals surface area contributed by atoms with Gasteiger partial charge in [-0.15, -0.1) is 0 Å². The van der Waals surface area contributed by atoms with Crippen molar-refractivity contribution in [3.63, 3.8) is 0 Å². The van der Waals surface area contributed by atoms with Crippen LogP contribution in [0.15, 0.2) is 35.7 Å². The zero-order chi connectivity index (χ0) is 15.3. The maximum Gasteiger partial charge on any atom is 0.331 e. The number of urea groups is 1. The maximum atomic E-state index is 11.9. The Labute approximate surface area is 125 Å². The highest BCUT2D eigenvalue weighted by molar-refractivity contribution is 7.93. The number of likely N-dealkylation sites (tertiary alicyclic amines) is 1. The molecule has 114 valence electrons. The first-order valence-corrected chi connectivity index (χ1v) is 8.56. The van der Waals surface area contributed by atoms with E-state index in [1.807, 2.05) is 18.2 Å². The summed E-state index contributed by atoms with van der Waals surface area (Å²) in [5, 5.41) is 1.02. The number of sulfonamides is 1. The van der Waals surface area contributed by atoms with Crippen molar-refractivity contribution in [1.82, 2.24) is 9.62 Å². The third-order valence-corrected chi connectivity index (χ3v) is 4.49. The Hall–Kier alpha value is -1.82. The normalized spacial score (nSPS) is 17.1. The second kappa shape index (κ2) is 6.76. The van der Waals surface area contributed by atoms with Gasteiger partial charge < -0.3 is 4.90 Å². The van der Waals surface area contributed by atoms with E-state index in [9.17, 15) is 13.2 Å². The smallest absolute Gasteiger partial charge is 0.324 e.